The van der Waals surface area contributed by atoms with Gasteiger partial charge < -0.3 is 28.6 Å². The number of hydrogen-bond acceptors (Lipinski definition) is 8. The molecule has 9 heteroatoms. The largest absolute Gasteiger partial charge is 0.466 e. The monoisotopic (exact) mass is 484 g/mol. The van der Waals surface area contributed by atoms with Crippen LogP contribution in [-0.4, -0.2) is 98.5 Å². The SMILES string of the molecule is CCOC(=O)[C@H]1CC[C@H](OC([C@@H]2CCCN2C(=O)OC(C)(C)C)N2C[C@H](OC)[C@H](OC)C2)CC1. The molecule has 2 aliphatic heterocycles. The Hall–Kier alpha value is -1.42. The molecule has 3 aliphatic rings. The topological polar surface area (TPSA) is 86.8 Å². The smallest absolute Gasteiger partial charge is 0.410 e. The van der Waals surface area contributed by atoms with Crippen molar-refractivity contribution in [3.8, 4) is 0 Å². The van der Waals surface area contributed by atoms with Crippen molar-refractivity contribution in [2.75, 3.05) is 40.5 Å². The fourth-order valence-corrected chi connectivity index (χ4v) is 5.38. The van der Waals surface area contributed by atoms with Gasteiger partial charge in [-0.15, -0.1) is 0 Å². The Kier molecular flexibility index (Phi) is 9.60. The van der Waals surface area contributed by atoms with Crippen molar-refractivity contribution < 1.29 is 33.3 Å². The van der Waals surface area contributed by atoms with E-state index in [1.807, 2.05) is 32.6 Å². The molecule has 34 heavy (non-hydrogen) atoms. The molecule has 0 bridgehead atoms. The lowest BCUT2D eigenvalue weighted by atomic mass is 9.87. The van der Waals surface area contributed by atoms with E-state index in [2.05, 4.69) is 4.90 Å². The lowest BCUT2D eigenvalue weighted by Gasteiger charge is -2.40. The van der Waals surface area contributed by atoms with Gasteiger partial charge in [0.15, 0.2) is 0 Å². The van der Waals surface area contributed by atoms with Crippen molar-refractivity contribution in [3.63, 3.8) is 0 Å². The summed E-state index contributed by atoms with van der Waals surface area (Å²) >= 11 is 0. The highest BCUT2D eigenvalue weighted by molar-refractivity contribution is 5.72. The first-order chi connectivity index (χ1) is 16.2. The number of rotatable bonds is 8. The molecule has 196 valence electrons. The highest BCUT2D eigenvalue weighted by Gasteiger charge is 2.46. The molecule has 0 radical (unpaired) electrons. The molecule has 0 N–H and O–H groups in total. The van der Waals surface area contributed by atoms with E-state index in [-0.39, 0.29) is 48.6 Å². The van der Waals surface area contributed by atoms with Crippen LogP contribution in [0.1, 0.15) is 66.2 Å². The summed E-state index contributed by atoms with van der Waals surface area (Å²) in [6, 6.07) is -0.106. The van der Waals surface area contributed by atoms with Crippen LogP contribution < -0.4 is 0 Å². The molecule has 2 saturated heterocycles. The molecule has 4 atom stereocenters. The number of carbonyl (C=O) groups excluding carboxylic acids is 2. The average Bonchev–Trinajstić information content (AvgIpc) is 3.44. The number of hydrogen-bond donors (Lipinski definition) is 0. The summed E-state index contributed by atoms with van der Waals surface area (Å²) in [6.07, 6.45) is 4.25. The number of likely N-dealkylation sites (tertiary alicyclic amines) is 2. The van der Waals surface area contributed by atoms with Gasteiger partial charge in [0.05, 0.1) is 36.9 Å². The first-order valence-electron chi connectivity index (χ1n) is 12.8. The Balaban J connectivity index is 1.73. The minimum Gasteiger partial charge on any atom is -0.466 e. The second kappa shape index (κ2) is 12.0. The molecule has 0 spiro atoms. The number of esters is 1. The third-order valence-corrected chi connectivity index (χ3v) is 7.09. The number of carbonyl (C=O) groups is 2. The van der Waals surface area contributed by atoms with Gasteiger partial charge in [0.1, 0.15) is 11.8 Å². The predicted octanol–water partition coefficient (Wildman–Crippen LogP) is 3.20. The number of nitrogens with zero attached hydrogens (tertiary/aromatic N) is 2. The zero-order chi connectivity index (χ0) is 24.9. The molecule has 1 unspecified atom stereocenters. The zero-order valence-corrected chi connectivity index (χ0v) is 21.8. The van der Waals surface area contributed by atoms with Crippen molar-refractivity contribution in [3.05, 3.63) is 0 Å². The molecular formula is C25H44N2O7. The van der Waals surface area contributed by atoms with Gasteiger partial charge >= 0.3 is 12.1 Å². The van der Waals surface area contributed by atoms with Crippen LogP contribution in [0.4, 0.5) is 4.79 Å². The number of amides is 1. The first-order valence-corrected chi connectivity index (χ1v) is 12.8. The van der Waals surface area contributed by atoms with Crippen molar-refractivity contribution in [1.29, 1.82) is 0 Å². The van der Waals surface area contributed by atoms with Gasteiger partial charge in [-0.25, -0.2) is 4.79 Å². The molecule has 2 heterocycles. The minimum atomic E-state index is -0.554. The molecular weight excluding hydrogens is 440 g/mol. The third kappa shape index (κ3) is 6.83. The van der Waals surface area contributed by atoms with E-state index in [1.165, 1.54) is 0 Å². The van der Waals surface area contributed by atoms with Gasteiger partial charge in [0, 0.05) is 33.9 Å². The standard InChI is InChI=1S/C25H44N2O7/c1-7-32-23(28)17-10-12-18(13-11-17)33-22(26-15-20(30-5)21(16-26)31-6)19-9-8-14-27(19)24(29)34-25(2,3)4/h17-22H,7-16H2,1-6H3/t17-,18-,19-,20-,21+,22?/m0/s1. The summed E-state index contributed by atoms with van der Waals surface area (Å²) in [7, 11) is 3.41. The molecule has 1 aliphatic carbocycles. The fraction of sp³-hybridized carbons (Fsp3) is 0.920. The second-order valence-electron chi connectivity index (χ2n) is 10.6. The summed E-state index contributed by atoms with van der Waals surface area (Å²) in [5.74, 6) is -0.152. The number of ether oxygens (including phenoxy) is 5. The maximum Gasteiger partial charge on any atom is 0.410 e. The van der Waals surface area contributed by atoms with Gasteiger partial charge in [0.2, 0.25) is 0 Å². The molecule has 0 aromatic rings. The Labute approximate surface area is 204 Å². The van der Waals surface area contributed by atoms with Gasteiger partial charge in [-0.2, -0.15) is 0 Å². The summed E-state index contributed by atoms with van der Waals surface area (Å²) in [5, 5.41) is 0. The Morgan fingerprint density at radius 1 is 0.971 bits per heavy atom. The maximum absolute atomic E-state index is 13.0. The second-order valence-corrected chi connectivity index (χ2v) is 10.6. The summed E-state index contributed by atoms with van der Waals surface area (Å²) < 4.78 is 29.0. The van der Waals surface area contributed by atoms with Gasteiger partial charge in [-0.05, 0) is 66.2 Å². The normalized spacial score (nSPS) is 31.5. The van der Waals surface area contributed by atoms with Crippen molar-refractivity contribution in [2.45, 2.75) is 102 Å². The van der Waals surface area contributed by atoms with Crippen LogP contribution in [0.25, 0.3) is 0 Å². The molecule has 0 aromatic carbocycles. The van der Waals surface area contributed by atoms with Crippen LogP contribution in [-0.2, 0) is 28.5 Å². The van der Waals surface area contributed by atoms with Gasteiger partial charge in [0.25, 0.3) is 0 Å². The van der Waals surface area contributed by atoms with Crippen LogP contribution in [0.15, 0.2) is 0 Å². The summed E-state index contributed by atoms with van der Waals surface area (Å²) in [5.41, 5.74) is -0.554. The van der Waals surface area contributed by atoms with Gasteiger partial charge in [-0.1, -0.05) is 0 Å². The van der Waals surface area contributed by atoms with E-state index in [9.17, 15) is 9.59 Å². The number of methoxy groups -OCH3 is 2. The van der Waals surface area contributed by atoms with Crippen LogP contribution in [0, 0.1) is 5.92 Å². The van der Waals surface area contributed by atoms with Crippen molar-refractivity contribution in [2.24, 2.45) is 5.92 Å². The zero-order valence-electron chi connectivity index (χ0n) is 21.8. The molecule has 3 rings (SSSR count). The van der Waals surface area contributed by atoms with E-state index in [0.29, 0.717) is 26.2 Å². The fourth-order valence-electron chi connectivity index (χ4n) is 5.38. The third-order valence-electron chi connectivity index (χ3n) is 7.09. The average molecular weight is 485 g/mol. The molecule has 1 saturated carbocycles. The van der Waals surface area contributed by atoms with Crippen LogP contribution >= 0.6 is 0 Å². The Morgan fingerprint density at radius 3 is 2.12 bits per heavy atom. The predicted molar refractivity (Wildman–Crippen MR) is 126 cm³/mol. The van der Waals surface area contributed by atoms with Crippen LogP contribution in [0.5, 0.6) is 0 Å². The summed E-state index contributed by atoms with van der Waals surface area (Å²) in [4.78, 5) is 29.3. The van der Waals surface area contributed by atoms with E-state index < -0.39 is 5.60 Å². The van der Waals surface area contributed by atoms with E-state index >= 15 is 0 Å². The Bertz CT molecular complexity index is 663. The van der Waals surface area contributed by atoms with Crippen LogP contribution in [0.3, 0.4) is 0 Å². The minimum absolute atomic E-state index is 0.0272. The van der Waals surface area contributed by atoms with E-state index in [4.69, 9.17) is 23.7 Å². The van der Waals surface area contributed by atoms with Crippen molar-refractivity contribution in [1.82, 2.24) is 9.80 Å². The first kappa shape index (κ1) is 27.2. The summed E-state index contributed by atoms with van der Waals surface area (Å²) in [6.45, 7) is 9.93. The highest BCUT2D eigenvalue weighted by atomic mass is 16.6. The van der Waals surface area contributed by atoms with Gasteiger partial charge in [-0.3, -0.25) is 9.69 Å². The quantitative estimate of drug-likeness (QED) is 0.486. The Morgan fingerprint density at radius 2 is 1.59 bits per heavy atom. The highest BCUT2D eigenvalue weighted by Crippen LogP contribution is 2.34. The van der Waals surface area contributed by atoms with E-state index in [1.54, 1.807) is 14.2 Å². The van der Waals surface area contributed by atoms with E-state index in [0.717, 1.165) is 38.5 Å². The lowest BCUT2D eigenvalue weighted by molar-refractivity contribution is -0.156. The molecule has 3 fully saturated rings. The van der Waals surface area contributed by atoms with Crippen molar-refractivity contribution >= 4 is 12.1 Å². The maximum atomic E-state index is 13.0. The van der Waals surface area contributed by atoms with Crippen LogP contribution in [0.2, 0.25) is 0 Å². The lowest BCUT2D eigenvalue weighted by Crippen LogP contribution is -2.54. The molecule has 9 nitrogen and oxygen atoms in total. The molecule has 1 amide bonds. The molecule has 0 aromatic heterocycles.